The lowest BCUT2D eigenvalue weighted by Gasteiger charge is -2.35. The van der Waals surface area contributed by atoms with E-state index >= 15 is 0 Å². The van der Waals surface area contributed by atoms with Crippen molar-refractivity contribution in [2.75, 3.05) is 29.0 Å². The molecule has 1 aliphatic rings. The minimum Gasteiger partial charge on any atom is -0.494 e. The van der Waals surface area contributed by atoms with Crippen LogP contribution in [0.15, 0.2) is 42.5 Å². The second-order valence-electron chi connectivity index (χ2n) is 8.28. The van der Waals surface area contributed by atoms with Gasteiger partial charge in [0, 0.05) is 5.69 Å². The number of nitrogens with zero attached hydrogens (tertiary/aromatic N) is 1. The first-order chi connectivity index (χ1) is 14.0. The molecular formula is C22H28N2O5S. The highest BCUT2D eigenvalue weighted by molar-refractivity contribution is 7.92. The van der Waals surface area contributed by atoms with Gasteiger partial charge in [0.2, 0.25) is 10.0 Å². The van der Waals surface area contributed by atoms with Crippen molar-refractivity contribution in [2.45, 2.75) is 39.2 Å². The van der Waals surface area contributed by atoms with Crippen molar-refractivity contribution >= 4 is 27.3 Å². The number of sulfonamides is 1. The highest BCUT2D eigenvalue weighted by Crippen LogP contribution is 2.38. The quantitative estimate of drug-likeness (QED) is 0.781. The summed E-state index contributed by atoms with van der Waals surface area (Å²) in [6, 6.07) is 12.4. The molecule has 2 aromatic carbocycles. The summed E-state index contributed by atoms with van der Waals surface area (Å²) in [6.07, 6.45) is 0.159. The van der Waals surface area contributed by atoms with Crippen LogP contribution in [-0.4, -0.2) is 39.8 Å². The number of ether oxygens (including phenoxy) is 2. The van der Waals surface area contributed by atoms with Crippen LogP contribution in [0.1, 0.15) is 33.3 Å². The average Bonchev–Trinajstić information content (AvgIpc) is 2.67. The Morgan fingerprint density at radius 3 is 2.43 bits per heavy atom. The smallest absolute Gasteiger partial charge is 0.267 e. The number of amides is 1. The summed E-state index contributed by atoms with van der Waals surface area (Å²) in [4.78, 5) is 12.8. The Hall–Kier alpha value is -2.74. The van der Waals surface area contributed by atoms with E-state index < -0.39 is 22.0 Å². The molecule has 0 spiro atoms. The standard InChI is InChI=1S/C22H28N2O5S/c1-6-28-17-10-8-16(9-11-17)23-21(25)20-14-24(30(5,26)27)18-13-15(22(2,3)4)7-12-19(18)29-20/h7-13,20H,6,14H2,1-5H3,(H,23,25)/t20-/m0/s1. The molecule has 1 heterocycles. The fourth-order valence-electron chi connectivity index (χ4n) is 3.19. The second kappa shape index (κ2) is 8.18. The van der Waals surface area contributed by atoms with Gasteiger partial charge in [0.25, 0.3) is 5.91 Å². The first kappa shape index (κ1) is 22.0. The highest BCUT2D eigenvalue weighted by Gasteiger charge is 2.35. The second-order valence-corrected chi connectivity index (χ2v) is 10.2. The molecule has 1 amide bonds. The third-order valence-electron chi connectivity index (χ3n) is 4.82. The maximum atomic E-state index is 12.8. The number of carbonyl (C=O) groups is 1. The van der Waals surface area contributed by atoms with Gasteiger partial charge in [-0.1, -0.05) is 26.8 Å². The molecule has 0 unspecified atom stereocenters. The Balaban J connectivity index is 1.85. The van der Waals surface area contributed by atoms with E-state index in [2.05, 4.69) is 26.1 Å². The number of benzene rings is 2. The molecule has 8 heteroatoms. The van der Waals surface area contributed by atoms with Gasteiger partial charge in [-0.15, -0.1) is 0 Å². The van der Waals surface area contributed by atoms with Crippen molar-refractivity contribution in [3.8, 4) is 11.5 Å². The zero-order chi connectivity index (χ0) is 22.1. The van der Waals surface area contributed by atoms with E-state index in [0.717, 1.165) is 11.8 Å². The van der Waals surface area contributed by atoms with Gasteiger partial charge in [-0.25, -0.2) is 8.42 Å². The number of rotatable bonds is 5. The minimum absolute atomic E-state index is 0.0949. The van der Waals surface area contributed by atoms with Crippen molar-refractivity contribution in [1.29, 1.82) is 0 Å². The van der Waals surface area contributed by atoms with E-state index in [1.807, 2.05) is 19.1 Å². The normalized spacial score (nSPS) is 16.4. The zero-order valence-electron chi connectivity index (χ0n) is 17.9. The third kappa shape index (κ3) is 4.87. The summed E-state index contributed by atoms with van der Waals surface area (Å²) < 4.78 is 37.4. The van der Waals surface area contributed by atoms with Gasteiger partial charge in [0.1, 0.15) is 11.5 Å². The summed E-state index contributed by atoms with van der Waals surface area (Å²) in [5.41, 5.74) is 1.86. The van der Waals surface area contributed by atoms with E-state index in [0.29, 0.717) is 29.5 Å². The Morgan fingerprint density at radius 2 is 1.87 bits per heavy atom. The predicted octanol–water partition coefficient (Wildman–Crippen LogP) is 3.55. The van der Waals surface area contributed by atoms with Crippen molar-refractivity contribution in [3.05, 3.63) is 48.0 Å². The molecule has 162 valence electrons. The molecule has 0 saturated carbocycles. The fourth-order valence-corrected chi connectivity index (χ4v) is 4.10. The summed E-state index contributed by atoms with van der Waals surface area (Å²) in [5.74, 6) is 0.654. The van der Waals surface area contributed by atoms with E-state index in [1.54, 1.807) is 30.3 Å². The van der Waals surface area contributed by atoms with Crippen LogP contribution in [0.3, 0.4) is 0 Å². The molecule has 0 aliphatic carbocycles. The number of carbonyl (C=O) groups excluding carboxylic acids is 1. The van der Waals surface area contributed by atoms with Crippen LogP contribution in [0.2, 0.25) is 0 Å². The van der Waals surface area contributed by atoms with Gasteiger partial charge in [-0.05, 0) is 54.3 Å². The Bertz CT molecular complexity index is 1030. The monoisotopic (exact) mass is 432 g/mol. The number of anilines is 2. The van der Waals surface area contributed by atoms with E-state index in [9.17, 15) is 13.2 Å². The van der Waals surface area contributed by atoms with Gasteiger partial charge < -0.3 is 14.8 Å². The Morgan fingerprint density at radius 1 is 1.20 bits per heavy atom. The van der Waals surface area contributed by atoms with E-state index in [1.165, 1.54) is 4.31 Å². The zero-order valence-corrected chi connectivity index (χ0v) is 18.7. The van der Waals surface area contributed by atoms with Crippen molar-refractivity contribution in [1.82, 2.24) is 0 Å². The number of hydrogen-bond donors (Lipinski definition) is 1. The number of fused-ring (bicyclic) bond motifs is 1. The molecule has 1 aliphatic heterocycles. The molecular weight excluding hydrogens is 404 g/mol. The van der Waals surface area contributed by atoms with Crippen LogP contribution in [0.4, 0.5) is 11.4 Å². The first-order valence-electron chi connectivity index (χ1n) is 9.81. The Kier molecular flexibility index (Phi) is 5.99. The molecule has 2 aromatic rings. The average molecular weight is 433 g/mol. The largest absolute Gasteiger partial charge is 0.494 e. The Labute approximate surface area is 178 Å². The molecule has 0 saturated heterocycles. The number of hydrogen-bond acceptors (Lipinski definition) is 5. The van der Waals surface area contributed by atoms with Crippen LogP contribution in [0.5, 0.6) is 11.5 Å². The summed E-state index contributed by atoms with van der Waals surface area (Å²) in [7, 11) is -3.60. The molecule has 0 bridgehead atoms. The van der Waals surface area contributed by atoms with Gasteiger partial charge in [-0.2, -0.15) is 0 Å². The molecule has 1 N–H and O–H groups in total. The predicted molar refractivity (Wildman–Crippen MR) is 118 cm³/mol. The van der Waals surface area contributed by atoms with E-state index in [-0.39, 0.29) is 12.0 Å². The lowest BCUT2D eigenvalue weighted by atomic mass is 9.86. The van der Waals surface area contributed by atoms with Crippen LogP contribution >= 0.6 is 0 Å². The van der Waals surface area contributed by atoms with Crippen LogP contribution in [0.25, 0.3) is 0 Å². The van der Waals surface area contributed by atoms with Crippen LogP contribution < -0.4 is 19.1 Å². The molecule has 7 nitrogen and oxygen atoms in total. The topological polar surface area (TPSA) is 84.9 Å². The van der Waals surface area contributed by atoms with Crippen molar-refractivity contribution in [2.24, 2.45) is 0 Å². The summed E-state index contributed by atoms with van der Waals surface area (Å²) in [5, 5.41) is 2.78. The minimum atomic E-state index is -3.60. The lowest BCUT2D eigenvalue weighted by Crippen LogP contribution is -2.48. The fraction of sp³-hybridized carbons (Fsp3) is 0.409. The molecule has 1 atom stereocenters. The SMILES string of the molecule is CCOc1ccc(NC(=O)[C@@H]2CN(S(C)(=O)=O)c3cc(C(C)(C)C)ccc3O2)cc1. The molecule has 0 fully saturated rings. The maximum absolute atomic E-state index is 12.8. The van der Waals surface area contributed by atoms with E-state index in [4.69, 9.17) is 9.47 Å². The molecule has 3 rings (SSSR count). The first-order valence-corrected chi connectivity index (χ1v) is 11.7. The van der Waals surface area contributed by atoms with Gasteiger partial charge in [-0.3, -0.25) is 9.10 Å². The van der Waals surface area contributed by atoms with Crippen molar-refractivity contribution in [3.63, 3.8) is 0 Å². The number of nitrogens with one attached hydrogen (secondary N) is 1. The van der Waals surface area contributed by atoms with Crippen molar-refractivity contribution < 1.29 is 22.7 Å². The van der Waals surface area contributed by atoms with Gasteiger partial charge in [0.05, 0.1) is 25.1 Å². The van der Waals surface area contributed by atoms with Gasteiger partial charge >= 0.3 is 0 Å². The third-order valence-corrected chi connectivity index (χ3v) is 5.97. The molecule has 30 heavy (non-hydrogen) atoms. The molecule has 0 aromatic heterocycles. The van der Waals surface area contributed by atoms with Crippen LogP contribution in [0, 0.1) is 0 Å². The highest BCUT2D eigenvalue weighted by atomic mass is 32.2. The van der Waals surface area contributed by atoms with Gasteiger partial charge in [0.15, 0.2) is 6.10 Å². The maximum Gasteiger partial charge on any atom is 0.267 e. The lowest BCUT2D eigenvalue weighted by molar-refractivity contribution is -0.122. The summed E-state index contributed by atoms with van der Waals surface area (Å²) in [6.45, 7) is 8.51. The van der Waals surface area contributed by atoms with Crippen LogP contribution in [-0.2, 0) is 20.2 Å². The molecule has 0 radical (unpaired) electrons. The summed E-state index contributed by atoms with van der Waals surface area (Å²) >= 11 is 0.